The van der Waals surface area contributed by atoms with E-state index in [-0.39, 0.29) is 5.75 Å². The average molecular weight is 168 g/mol. The molecule has 2 nitrogen and oxygen atoms in total. The lowest BCUT2D eigenvalue weighted by atomic mass is 10.1. The smallest absolute Gasteiger partial charge is 0.179 e. The summed E-state index contributed by atoms with van der Waals surface area (Å²) in [6, 6.07) is 6.50. The highest BCUT2D eigenvalue weighted by Gasteiger charge is 1.97. The molecule has 61 valence electrons. The van der Waals surface area contributed by atoms with Crippen LogP contribution < -0.4 is 0 Å². The zero-order chi connectivity index (χ0) is 9.26. The molecule has 0 bridgehead atoms. The molecule has 2 aromatic rings. The van der Waals surface area contributed by atoms with Crippen LogP contribution in [0.25, 0.3) is 10.9 Å². The van der Waals surface area contributed by atoms with Gasteiger partial charge < -0.3 is 0 Å². The van der Waals surface area contributed by atoms with Crippen molar-refractivity contribution >= 4 is 10.9 Å². The third-order valence-electron chi connectivity index (χ3n) is 1.82. The third-order valence-corrected chi connectivity index (χ3v) is 1.82. The van der Waals surface area contributed by atoms with Crippen molar-refractivity contribution in [1.29, 1.82) is 0 Å². The molecule has 0 atom stereocenters. The molecule has 1 aromatic carbocycles. The fourth-order valence-corrected chi connectivity index (χ4v) is 1.19. The van der Waals surface area contributed by atoms with Gasteiger partial charge in [0.25, 0.3) is 0 Å². The Bertz CT molecular complexity index is 497. The standard InChI is InChI=1S/C11H6NO/c1-2-8-5-9-6-10(13)3-4-11(9)12-7-8/h1,3-7H. The molecule has 0 saturated carbocycles. The van der Waals surface area contributed by atoms with Gasteiger partial charge in [0.05, 0.1) is 5.52 Å². The third kappa shape index (κ3) is 1.32. The lowest BCUT2D eigenvalue weighted by Gasteiger charge is -1.96. The molecule has 1 heterocycles. The molecule has 1 radical (unpaired) electrons. The van der Waals surface area contributed by atoms with Gasteiger partial charge in [-0.05, 0) is 24.3 Å². The van der Waals surface area contributed by atoms with Crippen molar-refractivity contribution in [3.63, 3.8) is 0 Å². The number of fused-ring (bicyclic) bond motifs is 1. The summed E-state index contributed by atoms with van der Waals surface area (Å²) in [6.45, 7) is 0. The van der Waals surface area contributed by atoms with E-state index in [1.165, 1.54) is 12.1 Å². The Morgan fingerprint density at radius 1 is 1.31 bits per heavy atom. The first-order valence-electron chi connectivity index (χ1n) is 3.83. The molecule has 0 amide bonds. The maximum absolute atomic E-state index is 11.0. The highest BCUT2D eigenvalue weighted by Crippen LogP contribution is 2.18. The molecule has 2 rings (SSSR count). The van der Waals surface area contributed by atoms with Gasteiger partial charge >= 0.3 is 0 Å². The summed E-state index contributed by atoms with van der Waals surface area (Å²) in [5.41, 5.74) is 1.48. The molecular weight excluding hydrogens is 162 g/mol. The minimum Gasteiger partial charge on any atom is -0.290 e. The Kier molecular flexibility index (Phi) is 1.64. The number of terminal acetylenes is 1. The van der Waals surface area contributed by atoms with Crippen molar-refractivity contribution in [1.82, 2.24) is 4.98 Å². The quantitative estimate of drug-likeness (QED) is 0.556. The summed E-state index contributed by atoms with van der Waals surface area (Å²) >= 11 is 0. The molecule has 2 heteroatoms. The lowest BCUT2D eigenvalue weighted by molar-refractivity contribution is 0.355. The zero-order valence-corrected chi connectivity index (χ0v) is 6.82. The molecular formula is C11H6NO. The predicted octanol–water partition coefficient (Wildman–Crippen LogP) is 2.36. The van der Waals surface area contributed by atoms with Crippen LogP contribution in [0.1, 0.15) is 5.56 Å². The minimum atomic E-state index is -0.0246. The van der Waals surface area contributed by atoms with Crippen molar-refractivity contribution in [2.75, 3.05) is 0 Å². The first kappa shape index (κ1) is 7.63. The Morgan fingerprint density at radius 3 is 2.92 bits per heavy atom. The van der Waals surface area contributed by atoms with Crippen LogP contribution in [0.2, 0.25) is 0 Å². The number of benzene rings is 1. The van der Waals surface area contributed by atoms with Gasteiger partial charge in [0, 0.05) is 17.1 Å². The number of hydrogen-bond acceptors (Lipinski definition) is 1. The highest BCUT2D eigenvalue weighted by atomic mass is 16.3. The van der Waals surface area contributed by atoms with Gasteiger partial charge in [-0.2, -0.15) is 0 Å². The van der Waals surface area contributed by atoms with Crippen LogP contribution in [-0.4, -0.2) is 4.98 Å². The van der Waals surface area contributed by atoms with Gasteiger partial charge in [-0.3, -0.25) is 10.1 Å². The normalized spacial score (nSPS) is 9.77. The average Bonchev–Trinajstić information content (AvgIpc) is 2.16. The van der Waals surface area contributed by atoms with E-state index >= 15 is 0 Å². The van der Waals surface area contributed by atoms with E-state index in [1.54, 1.807) is 18.3 Å². The molecule has 0 spiro atoms. The SMILES string of the molecule is C#Cc1cnc2ccc([O])cc2c1. The summed E-state index contributed by atoms with van der Waals surface area (Å²) in [5.74, 6) is 2.45. The Morgan fingerprint density at radius 2 is 2.15 bits per heavy atom. The van der Waals surface area contributed by atoms with E-state index in [4.69, 9.17) is 6.42 Å². The van der Waals surface area contributed by atoms with Crippen LogP contribution in [0.15, 0.2) is 30.5 Å². The van der Waals surface area contributed by atoms with Crippen molar-refractivity contribution in [3.05, 3.63) is 36.0 Å². The number of hydrogen-bond donors (Lipinski definition) is 0. The van der Waals surface area contributed by atoms with Gasteiger partial charge in [0.15, 0.2) is 5.75 Å². The maximum Gasteiger partial charge on any atom is 0.179 e. The van der Waals surface area contributed by atoms with Gasteiger partial charge in [-0.1, -0.05) is 5.92 Å². The van der Waals surface area contributed by atoms with Crippen molar-refractivity contribution in [3.8, 4) is 18.1 Å². The second-order valence-corrected chi connectivity index (χ2v) is 2.72. The molecule has 0 N–H and O–H groups in total. The topological polar surface area (TPSA) is 32.8 Å². The van der Waals surface area contributed by atoms with Crippen molar-refractivity contribution in [2.45, 2.75) is 0 Å². The van der Waals surface area contributed by atoms with E-state index in [1.807, 2.05) is 0 Å². The van der Waals surface area contributed by atoms with E-state index in [2.05, 4.69) is 10.9 Å². The van der Waals surface area contributed by atoms with Gasteiger partial charge in [-0.15, -0.1) is 6.42 Å². The van der Waals surface area contributed by atoms with Gasteiger partial charge in [0.2, 0.25) is 0 Å². The Balaban J connectivity index is 2.77. The van der Waals surface area contributed by atoms with Crippen molar-refractivity contribution in [2.24, 2.45) is 0 Å². The van der Waals surface area contributed by atoms with Crippen LogP contribution in [0.4, 0.5) is 0 Å². The Labute approximate surface area is 75.9 Å². The zero-order valence-electron chi connectivity index (χ0n) is 6.82. The van der Waals surface area contributed by atoms with Crippen LogP contribution >= 0.6 is 0 Å². The molecule has 0 aliphatic rings. The summed E-state index contributed by atoms with van der Waals surface area (Å²) < 4.78 is 0. The monoisotopic (exact) mass is 168 g/mol. The molecule has 13 heavy (non-hydrogen) atoms. The fourth-order valence-electron chi connectivity index (χ4n) is 1.19. The Hall–Kier alpha value is -2.01. The van der Waals surface area contributed by atoms with Gasteiger partial charge in [-0.25, -0.2) is 0 Å². The van der Waals surface area contributed by atoms with E-state index in [0.717, 1.165) is 10.9 Å². The number of rotatable bonds is 0. The van der Waals surface area contributed by atoms with E-state index < -0.39 is 0 Å². The molecule has 0 saturated heterocycles. The first-order chi connectivity index (χ1) is 6.29. The summed E-state index contributed by atoms with van der Waals surface area (Å²) in [7, 11) is 0. The fraction of sp³-hybridized carbons (Fsp3) is 0. The molecule has 1 aromatic heterocycles. The number of pyridine rings is 1. The summed E-state index contributed by atoms with van der Waals surface area (Å²) in [6.07, 6.45) is 6.83. The molecule has 0 aliphatic carbocycles. The maximum atomic E-state index is 11.0. The van der Waals surface area contributed by atoms with Crippen LogP contribution in [0.3, 0.4) is 0 Å². The first-order valence-corrected chi connectivity index (χ1v) is 3.83. The second-order valence-electron chi connectivity index (χ2n) is 2.72. The minimum absolute atomic E-state index is 0.0246. The van der Waals surface area contributed by atoms with Crippen LogP contribution in [0.5, 0.6) is 5.75 Å². The molecule has 0 aliphatic heterocycles. The largest absolute Gasteiger partial charge is 0.290 e. The second kappa shape index (κ2) is 2.80. The molecule has 0 unspecified atom stereocenters. The van der Waals surface area contributed by atoms with E-state index in [9.17, 15) is 5.11 Å². The number of nitrogens with zero attached hydrogens (tertiary/aromatic N) is 1. The lowest BCUT2D eigenvalue weighted by Crippen LogP contribution is -1.80. The highest BCUT2D eigenvalue weighted by molar-refractivity contribution is 5.81. The summed E-state index contributed by atoms with van der Waals surface area (Å²) in [5, 5.41) is 11.8. The van der Waals surface area contributed by atoms with Crippen LogP contribution in [0, 0.1) is 12.3 Å². The molecule has 0 fully saturated rings. The van der Waals surface area contributed by atoms with Crippen molar-refractivity contribution < 1.29 is 5.11 Å². The summed E-state index contributed by atoms with van der Waals surface area (Å²) in [4.78, 5) is 4.11. The number of aromatic nitrogens is 1. The van der Waals surface area contributed by atoms with E-state index in [0.29, 0.717) is 5.56 Å². The predicted molar refractivity (Wildman–Crippen MR) is 49.8 cm³/mol. The van der Waals surface area contributed by atoms with Gasteiger partial charge in [0.1, 0.15) is 0 Å². The van der Waals surface area contributed by atoms with Crippen LogP contribution in [-0.2, 0) is 5.11 Å².